The van der Waals surface area contributed by atoms with Crippen molar-refractivity contribution in [2.75, 3.05) is 0 Å². The Morgan fingerprint density at radius 1 is 0.533 bits per heavy atom. The summed E-state index contributed by atoms with van der Waals surface area (Å²) < 4.78 is 0. The van der Waals surface area contributed by atoms with Crippen LogP contribution >= 0.6 is 21.6 Å². The Kier molecular flexibility index (Phi) is 5.32. The Balaban J connectivity index is 0.00000112. The lowest BCUT2D eigenvalue weighted by Gasteiger charge is -1.99. The summed E-state index contributed by atoms with van der Waals surface area (Å²) in [5.74, 6) is 0. The molecule has 0 spiro atoms. The van der Waals surface area contributed by atoms with Crippen LogP contribution < -0.4 is 0 Å². The van der Waals surface area contributed by atoms with Gasteiger partial charge in [0.15, 0.2) is 0 Å². The molecule has 0 saturated carbocycles. The molecule has 0 bridgehead atoms. The van der Waals surface area contributed by atoms with Crippen molar-refractivity contribution in [1.82, 2.24) is 0 Å². The molecule has 0 aliphatic heterocycles. The highest BCUT2D eigenvalue weighted by Gasteiger charge is 1.94. The van der Waals surface area contributed by atoms with Crippen molar-refractivity contribution < 1.29 is 5.48 Å². The first-order valence-electron chi connectivity index (χ1n) is 4.40. The predicted molar refractivity (Wildman–Crippen MR) is 68.2 cm³/mol. The maximum Gasteiger partial charge on any atom is 0.0186 e. The fourth-order valence-electron chi connectivity index (χ4n) is 1.05. The Labute approximate surface area is 97.6 Å². The lowest BCUT2D eigenvalue weighted by atomic mass is 10.4. The van der Waals surface area contributed by atoms with E-state index in [9.17, 15) is 0 Å². The van der Waals surface area contributed by atoms with E-state index in [1.54, 1.807) is 21.6 Å². The van der Waals surface area contributed by atoms with E-state index in [2.05, 4.69) is 48.5 Å². The van der Waals surface area contributed by atoms with E-state index in [0.717, 1.165) is 0 Å². The molecule has 0 heterocycles. The molecule has 0 saturated heterocycles. The van der Waals surface area contributed by atoms with Gasteiger partial charge in [-0.25, -0.2) is 0 Å². The second kappa shape index (κ2) is 6.56. The van der Waals surface area contributed by atoms with Crippen molar-refractivity contribution in [2.24, 2.45) is 0 Å². The molecule has 2 aromatic rings. The van der Waals surface area contributed by atoms with Crippen molar-refractivity contribution in [3.63, 3.8) is 0 Å². The molecule has 0 aromatic heterocycles. The van der Waals surface area contributed by atoms with E-state index >= 15 is 0 Å². The normalized spacial score (nSPS) is 9.33. The van der Waals surface area contributed by atoms with Crippen LogP contribution in [0.3, 0.4) is 0 Å². The minimum Gasteiger partial charge on any atom is -0.412 e. The van der Waals surface area contributed by atoms with Crippen LogP contribution in [-0.2, 0) is 0 Å². The molecule has 3 heteroatoms. The van der Waals surface area contributed by atoms with Crippen LogP contribution in [0.1, 0.15) is 0 Å². The molecule has 15 heavy (non-hydrogen) atoms. The molecule has 0 amide bonds. The summed E-state index contributed by atoms with van der Waals surface area (Å²) >= 11 is 0. The van der Waals surface area contributed by atoms with Crippen molar-refractivity contribution in [3.05, 3.63) is 60.7 Å². The molecule has 0 radical (unpaired) electrons. The van der Waals surface area contributed by atoms with E-state index in [-0.39, 0.29) is 5.48 Å². The highest BCUT2D eigenvalue weighted by Crippen LogP contribution is 2.36. The second-order valence-electron chi connectivity index (χ2n) is 2.79. The highest BCUT2D eigenvalue weighted by atomic mass is 33.1. The summed E-state index contributed by atoms with van der Waals surface area (Å²) in [5, 5.41) is 0. The summed E-state index contributed by atoms with van der Waals surface area (Å²) in [4.78, 5) is 2.59. The largest absolute Gasteiger partial charge is 0.412 e. The van der Waals surface area contributed by atoms with Crippen molar-refractivity contribution in [1.29, 1.82) is 0 Å². The van der Waals surface area contributed by atoms with Gasteiger partial charge in [-0.05, 0) is 24.3 Å². The van der Waals surface area contributed by atoms with Crippen molar-refractivity contribution in [3.8, 4) is 0 Å². The minimum absolute atomic E-state index is 0. The van der Waals surface area contributed by atoms with E-state index in [0.29, 0.717) is 0 Å². The number of hydrogen-bond acceptors (Lipinski definition) is 2. The molecule has 0 unspecified atom stereocenters. The first kappa shape index (κ1) is 12.2. The van der Waals surface area contributed by atoms with Gasteiger partial charge in [0.25, 0.3) is 0 Å². The van der Waals surface area contributed by atoms with Gasteiger partial charge in [-0.15, -0.1) is 0 Å². The Hall–Kier alpha value is -0.900. The van der Waals surface area contributed by atoms with Crippen LogP contribution in [0.5, 0.6) is 0 Å². The summed E-state index contributed by atoms with van der Waals surface area (Å²) in [6.45, 7) is 0. The van der Waals surface area contributed by atoms with Crippen LogP contribution in [0.25, 0.3) is 0 Å². The third kappa shape index (κ3) is 4.00. The highest BCUT2D eigenvalue weighted by molar-refractivity contribution is 8.76. The smallest absolute Gasteiger partial charge is 0.0186 e. The third-order valence-electron chi connectivity index (χ3n) is 1.72. The van der Waals surface area contributed by atoms with Gasteiger partial charge in [0.05, 0.1) is 0 Å². The number of hydrogen-bond donors (Lipinski definition) is 0. The van der Waals surface area contributed by atoms with Gasteiger partial charge in [0.1, 0.15) is 0 Å². The molecule has 1 nitrogen and oxygen atoms in total. The fourth-order valence-corrected chi connectivity index (χ4v) is 3.02. The molecule has 0 aliphatic carbocycles. The average molecular weight is 236 g/mol. The molecule has 78 valence electrons. The lowest BCUT2D eigenvalue weighted by molar-refractivity contribution is 0.824. The summed E-state index contributed by atoms with van der Waals surface area (Å²) in [7, 11) is 3.58. The molecule has 2 N–H and O–H groups in total. The van der Waals surface area contributed by atoms with Gasteiger partial charge in [-0.2, -0.15) is 0 Å². The van der Waals surface area contributed by atoms with Gasteiger partial charge in [-0.3, -0.25) is 0 Å². The topological polar surface area (TPSA) is 31.5 Å². The molecule has 2 aromatic carbocycles. The average Bonchev–Trinajstić information content (AvgIpc) is 2.29. The van der Waals surface area contributed by atoms with E-state index in [1.165, 1.54) is 9.79 Å². The predicted octanol–water partition coefficient (Wildman–Crippen LogP) is 3.66. The molecule has 0 fully saturated rings. The number of rotatable bonds is 3. The summed E-state index contributed by atoms with van der Waals surface area (Å²) in [5.41, 5.74) is 0. The molecular weight excluding hydrogens is 224 g/mol. The van der Waals surface area contributed by atoms with Crippen molar-refractivity contribution >= 4 is 21.6 Å². The van der Waals surface area contributed by atoms with Crippen LogP contribution in [-0.4, -0.2) is 5.48 Å². The molecule has 0 atom stereocenters. The molecular formula is C12H12OS2. The van der Waals surface area contributed by atoms with E-state index < -0.39 is 0 Å². The summed E-state index contributed by atoms with van der Waals surface area (Å²) in [6.07, 6.45) is 0. The quantitative estimate of drug-likeness (QED) is 0.762. The van der Waals surface area contributed by atoms with Crippen LogP contribution in [0.15, 0.2) is 70.5 Å². The van der Waals surface area contributed by atoms with Gasteiger partial charge in [-0.1, -0.05) is 58.0 Å². The van der Waals surface area contributed by atoms with Crippen LogP contribution in [0, 0.1) is 0 Å². The first-order valence-corrected chi connectivity index (χ1v) is 6.55. The molecule has 0 aliphatic rings. The Morgan fingerprint density at radius 3 is 1.20 bits per heavy atom. The maximum atomic E-state index is 2.13. The third-order valence-corrected chi connectivity index (χ3v) is 4.14. The molecule has 2 rings (SSSR count). The standard InChI is InChI=1S/C12H10S2.H2O/c1-3-7-11(8-4-1)13-14-12-9-5-2-6-10-12;/h1-10H;1H2. The zero-order valence-electron chi connectivity index (χ0n) is 8.09. The Morgan fingerprint density at radius 2 is 0.867 bits per heavy atom. The van der Waals surface area contributed by atoms with Gasteiger partial charge < -0.3 is 5.48 Å². The van der Waals surface area contributed by atoms with Gasteiger partial charge in [0, 0.05) is 9.79 Å². The fraction of sp³-hybridized carbons (Fsp3) is 0. The monoisotopic (exact) mass is 236 g/mol. The van der Waals surface area contributed by atoms with Gasteiger partial charge in [0.2, 0.25) is 0 Å². The van der Waals surface area contributed by atoms with Crippen LogP contribution in [0.4, 0.5) is 0 Å². The van der Waals surface area contributed by atoms with E-state index in [1.807, 2.05) is 12.1 Å². The SMILES string of the molecule is O.c1ccc(SSc2ccccc2)cc1. The van der Waals surface area contributed by atoms with Gasteiger partial charge >= 0.3 is 0 Å². The summed E-state index contributed by atoms with van der Waals surface area (Å²) in [6, 6.07) is 20.8. The first-order chi connectivity index (χ1) is 6.95. The van der Waals surface area contributed by atoms with Crippen molar-refractivity contribution in [2.45, 2.75) is 9.79 Å². The Bertz CT molecular complexity index is 336. The minimum atomic E-state index is 0. The zero-order chi connectivity index (χ0) is 9.64. The lowest BCUT2D eigenvalue weighted by Crippen LogP contribution is -1.67. The number of benzene rings is 2. The second-order valence-corrected chi connectivity index (χ2v) is 5.07. The maximum absolute atomic E-state index is 2.13. The zero-order valence-corrected chi connectivity index (χ0v) is 9.72. The van der Waals surface area contributed by atoms with E-state index in [4.69, 9.17) is 0 Å². The van der Waals surface area contributed by atoms with Crippen LogP contribution in [0.2, 0.25) is 0 Å².